The van der Waals surface area contributed by atoms with Crippen LogP contribution in [0.5, 0.6) is 0 Å². The molecule has 0 amide bonds. The van der Waals surface area contributed by atoms with Crippen LogP contribution >= 0.6 is 0 Å². The maximum atomic E-state index is 4.06. The molecule has 1 N–H and O–H groups in total. The van der Waals surface area contributed by atoms with Crippen LogP contribution < -0.4 is 5.32 Å². The van der Waals surface area contributed by atoms with Gasteiger partial charge >= 0.3 is 0 Å². The van der Waals surface area contributed by atoms with Crippen LogP contribution in [0, 0.1) is 0 Å². The SMILES string of the molecule is CCC(CNC1CC1)N(C)CCc1ccncc1. The van der Waals surface area contributed by atoms with Crippen LogP contribution in [0.1, 0.15) is 31.7 Å². The Morgan fingerprint density at radius 2 is 2.11 bits per heavy atom. The molecule has 1 aromatic heterocycles. The number of likely N-dealkylation sites (N-methyl/N-ethyl adjacent to an activating group) is 1. The number of nitrogens with one attached hydrogen (secondary N) is 1. The molecule has 1 unspecified atom stereocenters. The van der Waals surface area contributed by atoms with Crippen molar-refractivity contribution in [1.29, 1.82) is 0 Å². The fourth-order valence-corrected chi connectivity index (χ4v) is 2.24. The van der Waals surface area contributed by atoms with E-state index in [4.69, 9.17) is 0 Å². The van der Waals surface area contributed by atoms with Gasteiger partial charge in [-0.25, -0.2) is 0 Å². The highest BCUT2D eigenvalue weighted by atomic mass is 15.1. The lowest BCUT2D eigenvalue weighted by molar-refractivity contribution is 0.231. The Kier molecular flexibility index (Phi) is 5.14. The van der Waals surface area contributed by atoms with Gasteiger partial charge in [0, 0.05) is 37.6 Å². The Labute approximate surface area is 111 Å². The normalized spacial score (nSPS) is 17.1. The molecule has 1 aliphatic carbocycles. The highest BCUT2D eigenvalue weighted by Crippen LogP contribution is 2.18. The molecule has 3 heteroatoms. The average Bonchev–Trinajstić information content (AvgIpc) is 3.22. The molecule has 1 fully saturated rings. The predicted octanol–water partition coefficient (Wildman–Crippen LogP) is 2.09. The molecule has 0 saturated heterocycles. The van der Waals surface area contributed by atoms with Gasteiger partial charge in [0.15, 0.2) is 0 Å². The van der Waals surface area contributed by atoms with E-state index < -0.39 is 0 Å². The van der Waals surface area contributed by atoms with Gasteiger partial charge < -0.3 is 10.2 Å². The average molecular weight is 247 g/mol. The van der Waals surface area contributed by atoms with Crippen molar-refractivity contribution in [2.24, 2.45) is 0 Å². The minimum absolute atomic E-state index is 0.660. The van der Waals surface area contributed by atoms with Gasteiger partial charge in [-0.2, -0.15) is 0 Å². The van der Waals surface area contributed by atoms with Gasteiger partial charge in [0.05, 0.1) is 0 Å². The second-order valence-corrected chi connectivity index (χ2v) is 5.33. The van der Waals surface area contributed by atoms with E-state index in [2.05, 4.69) is 41.3 Å². The molecule has 0 bridgehead atoms. The summed E-state index contributed by atoms with van der Waals surface area (Å²) >= 11 is 0. The van der Waals surface area contributed by atoms with Crippen LogP contribution in [0.4, 0.5) is 0 Å². The van der Waals surface area contributed by atoms with Crippen molar-refractivity contribution in [2.45, 2.75) is 44.7 Å². The summed E-state index contributed by atoms with van der Waals surface area (Å²) in [6, 6.07) is 5.69. The van der Waals surface area contributed by atoms with Gasteiger partial charge in [-0.1, -0.05) is 6.92 Å². The van der Waals surface area contributed by atoms with Crippen molar-refractivity contribution >= 4 is 0 Å². The fraction of sp³-hybridized carbons (Fsp3) is 0.667. The lowest BCUT2D eigenvalue weighted by atomic mass is 10.1. The number of pyridine rings is 1. The van der Waals surface area contributed by atoms with Gasteiger partial charge in [-0.05, 0) is 50.4 Å². The summed E-state index contributed by atoms with van der Waals surface area (Å²) in [7, 11) is 2.24. The van der Waals surface area contributed by atoms with E-state index in [0.29, 0.717) is 6.04 Å². The molecule has 1 aliphatic rings. The second kappa shape index (κ2) is 6.86. The van der Waals surface area contributed by atoms with E-state index in [1.54, 1.807) is 0 Å². The molecule has 100 valence electrons. The minimum atomic E-state index is 0.660. The lowest BCUT2D eigenvalue weighted by Crippen LogP contribution is -2.41. The van der Waals surface area contributed by atoms with Crippen molar-refractivity contribution in [3.8, 4) is 0 Å². The first-order valence-electron chi connectivity index (χ1n) is 7.12. The van der Waals surface area contributed by atoms with E-state index in [-0.39, 0.29) is 0 Å². The summed E-state index contributed by atoms with van der Waals surface area (Å²) in [5, 5.41) is 3.64. The Morgan fingerprint density at radius 1 is 1.39 bits per heavy atom. The van der Waals surface area contributed by atoms with E-state index >= 15 is 0 Å². The summed E-state index contributed by atoms with van der Waals surface area (Å²) in [6.07, 6.45) is 8.82. The monoisotopic (exact) mass is 247 g/mol. The van der Waals surface area contributed by atoms with Crippen LogP contribution in [0.2, 0.25) is 0 Å². The summed E-state index contributed by atoms with van der Waals surface area (Å²) < 4.78 is 0. The standard InChI is InChI=1S/C15H25N3/c1-3-15(12-17-14-4-5-14)18(2)11-8-13-6-9-16-10-7-13/h6-7,9-10,14-15,17H,3-5,8,11-12H2,1-2H3. The van der Waals surface area contributed by atoms with Crippen molar-refractivity contribution < 1.29 is 0 Å². The molecule has 1 aromatic rings. The smallest absolute Gasteiger partial charge is 0.0270 e. The largest absolute Gasteiger partial charge is 0.312 e. The molecular formula is C15H25N3. The second-order valence-electron chi connectivity index (χ2n) is 5.33. The van der Waals surface area contributed by atoms with Gasteiger partial charge in [0.1, 0.15) is 0 Å². The Balaban J connectivity index is 1.72. The summed E-state index contributed by atoms with van der Waals surface area (Å²) in [4.78, 5) is 6.54. The van der Waals surface area contributed by atoms with Crippen LogP contribution in [-0.4, -0.2) is 42.1 Å². The Bertz CT molecular complexity index is 335. The zero-order valence-electron chi connectivity index (χ0n) is 11.6. The minimum Gasteiger partial charge on any atom is -0.312 e. The van der Waals surface area contributed by atoms with Crippen molar-refractivity contribution in [1.82, 2.24) is 15.2 Å². The van der Waals surface area contributed by atoms with E-state index in [9.17, 15) is 0 Å². The first kappa shape index (κ1) is 13.5. The first-order chi connectivity index (χ1) is 8.79. The molecule has 1 heterocycles. The van der Waals surface area contributed by atoms with Crippen molar-refractivity contribution in [2.75, 3.05) is 20.1 Å². The maximum Gasteiger partial charge on any atom is 0.0270 e. The molecule has 2 rings (SSSR count). The Hall–Kier alpha value is -0.930. The summed E-state index contributed by atoms with van der Waals surface area (Å²) in [5.74, 6) is 0. The molecule has 0 spiro atoms. The fourth-order valence-electron chi connectivity index (χ4n) is 2.24. The third kappa shape index (κ3) is 4.39. The molecular weight excluding hydrogens is 222 g/mol. The molecule has 0 aromatic carbocycles. The van der Waals surface area contributed by atoms with Crippen molar-refractivity contribution in [3.05, 3.63) is 30.1 Å². The molecule has 1 atom stereocenters. The molecule has 0 aliphatic heterocycles. The number of nitrogens with zero attached hydrogens (tertiary/aromatic N) is 2. The molecule has 0 radical (unpaired) electrons. The van der Waals surface area contributed by atoms with Gasteiger partial charge in [0.2, 0.25) is 0 Å². The summed E-state index contributed by atoms with van der Waals surface area (Å²) in [6.45, 7) is 4.53. The van der Waals surface area contributed by atoms with Crippen LogP contribution in [-0.2, 0) is 6.42 Å². The third-order valence-electron chi connectivity index (χ3n) is 3.82. The molecule has 3 nitrogen and oxygen atoms in total. The highest BCUT2D eigenvalue weighted by Gasteiger charge is 2.22. The van der Waals surface area contributed by atoms with Gasteiger partial charge in [-0.15, -0.1) is 0 Å². The zero-order chi connectivity index (χ0) is 12.8. The number of rotatable bonds is 8. The van der Waals surface area contributed by atoms with Gasteiger partial charge in [0.25, 0.3) is 0 Å². The quantitative estimate of drug-likeness (QED) is 0.762. The summed E-state index contributed by atoms with van der Waals surface area (Å²) in [5.41, 5.74) is 1.38. The number of hydrogen-bond donors (Lipinski definition) is 1. The highest BCUT2D eigenvalue weighted by molar-refractivity contribution is 5.09. The first-order valence-corrected chi connectivity index (χ1v) is 7.12. The van der Waals surface area contributed by atoms with Crippen LogP contribution in [0.3, 0.4) is 0 Å². The molecule has 1 saturated carbocycles. The van der Waals surface area contributed by atoms with Gasteiger partial charge in [-0.3, -0.25) is 4.98 Å². The topological polar surface area (TPSA) is 28.2 Å². The van der Waals surface area contributed by atoms with Crippen LogP contribution in [0.25, 0.3) is 0 Å². The third-order valence-corrected chi connectivity index (χ3v) is 3.82. The Morgan fingerprint density at radius 3 is 2.72 bits per heavy atom. The van der Waals surface area contributed by atoms with E-state index in [0.717, 1.165) is 25.6 Å². The number of hydrogen-bond acceptors (Lipinski definition) is 3. The molecule has 18 heavy (non-hydrogen) atoms. The predicted molar refractivity (Wildman–Crippen MR) is 75.7 cm³/mol. The van der Waals surface area contributed by atoms with E-state index in [1.165, 1.54) is 24.8 Å². The van der Waals surface area contributed by atoms with E-state index in [1.807, 2.05) is 12.4 Å². The zero-order valence-corrected chi connectivity index (χ0v) is 11.6. The number of aromatic nitrogens is 1. The maximum absolute atomic E-state index is 4.06. The van der Waals surface area contributed by atoms with Crippen LogP contribution in [0.15, 0.2) is 24.5 Å². The lowest BCUT2D eigenvalue weighted by Gasteiger charge is -2.27. The van der Waals surface area contributed by atoms with Crippen molar-refractivity contribution in [3.63, 3.8) is 0 Å².